The quantitative estimate of drug-likeness (QED) is 0.778. The van der Waals surface area contributed by atoms with Gasteiger partial charge in [0, 0.05) is 23.3 Å². The summed E-state index contributed by atoms with van der Waals surface area (Å²) < 4.78 is 28.2. The van der Waals surface area contributed by atoms with E-state index in [0.29, 0.717) is 5.69 Å². The Labute approximate surface area is 133 Å². The van der Waals surface area contributed by atoms with Crippen LogP contribution in [0.3, 0.4) is 0 Å². The minimum Gasteiger partial charge on any atom is -0.477 e. The molecule has 0 saturated heterocycles. The van der Waals surface area contributed by atoms with Gasteiger partial charge in [-0.15, -0.1) is 0 Å². The van der Waals surface area contributed by atoms with Gasteiger partial charge in [-0.25, -0.2) is 13.6 Å². The van der Waals surface area contributed by atoms with Crippen molar-refractivity contribution in [2.75, 3.05) is 0 Å². The maximum atomic E-state index is 13.8. The molecule has 0 bridgehead atoms. The summed E-state index contributed by atoms with van der Waals surface area (Å²) in [5, 5.41) is 8.85. The van der Waals surface area contributed by atoms with Crippen LogP contribution in [-0.4, -0.2) is 15.6 Å². The summed E-state index contributed by atoms with van der Waals surface area (Å²) in [5.74, 6) is -2.66. The van der Waals surface area contributed by atoms with Crippen molar-refractivity contribution in [2.24, 2.45) is 0 Å². The van der Waals surface area contributed by atoms with Crippen LogP contribution in [-0.2, 0) is 0 Å². The lowest BCUT2D eigenvalue weighted by Crippen LogP contribution is -2.18. The molecule has 3 aromatic rings. The molecule has 0 aliphatic rings. The molecule has 0 spiro atoms. The van der Waals surface area contributed by atoms with Crippen molar-refractivity contribution in [1.29, 1.82) is 0 Å². The van der Waals surface area contributed by atoms with Crippen LogP contribution in [0.4, 0.5) is 8.78 Å². The molecule has 0 fully saturated rings. The highest BCUT2D eigenvalue weighted by Crippen LogP contribution is 2.24. The van der Waals surface area contributed by atoms with Crippen LogP contribution in [0, 0.1) is 11.6 Å². The van der Waals surface area contributed by atoms with E-state index in [4.69, 9.17) is 11.6 Å². The molecule has 23 heavy (non-hydrogen) atoms. The van der Waals surface area contributed by atoms with E-state index in [2.05, 4.69) is 0 Å². The summed E-state index contributed by atoms with van der Waals surface area (Å²) in [5.41, 5.74) is -0.758. The summed E-state index contributed by atoms with van der Waals surface area (Å²) in [4.78, 5) is 23.5. The van der Waals surface area contributed by atoms with Gasteiger partial charge in [-0.1, -0.05) is 11.6 Å². The van der Waals surface area contributed by atoms with Gasteiger partial charge in [0.15, 0.2) is 0 Å². The molecular formula is C16H8ClF2NO3. The first-order valence-electron chi connectivity index (χ1n) is 6.42. The van der Waals surface area contributed by atoms with Gasteiger partial charge in [-0.3, -0.25) is 4.79 Å². The number of halogens is 3. The fraction of sp³-hybridized carbons (Fsp3) is 0. The van der Waals surface area contributed by atoms with E-state index in [1.165, 1.54) is 28.8 Å². The number of hydrogen-bond donors (Lipinski definition) is 1. The topological polar surface area (TPSA) is 59.3 Å². The highest BCUT2D eigenvalue weighted by Gasteiger charge is 2.17. The molecule has 0 atom stereocenters. The van der Waals surface area contributed by atoms with E-state index < -0.39 is 28.6 Å². The number of fused-ring (bicyclic) bond motifs is 1. The van der Waals surface area contributed by atoms with Gasteiger partial charge in [0.1, 0.15) is 17.2 Å². The van der Waals surface area contributed by atoms with Crippen LogP contribution in [0.2, 0.25) is 5.02 Å². The molecule has 1 heterocycles. The Morgan fingerprint density at radius 1 is 1.13 bits per heavy atom. The normalized spacial score (nSPS) is 10.9. The second kappa shape index (κ2) is 5.48. The SMILES string of the molecule is O=C(O)c1cn(-c2ccc(F)cc2)c2cc(F)c(Cl)cc2c1=O. The number of nitrogens with zero attached hydrogens (tertiary/aromatic N) is 1. The molecule has 0 unspecified atom stereocenters. The molecular weight excluding hydrogens is 328 g/mol. The molecule has 4 nitrogen and oxygen atoms in total. The van der Waals surface area contributed by atoms with Gasteiger partial charge in [-0.05, 0) is 30.3 Å². The molecule has 0 amide bonds. The van der Waals surface area contributed by atoms with Crippen molar-refractivity contribution in [1.82, 2.24) is 4.57 Å². The third-order valence-corrected chi connectivity index (χ3v) is 3.67. The van der Waals surface area contributed by atoms with E-state index in [9.17, 15) is 23.5 Å². The molecule has 3 rings (SSSR count). The predicted octanol–water partition coefficient (Wildman–Crippen LogP) is 3.62. The summed E-state index contributed by atoms with van der Waals surface area (Å²) in [7, 11) is 0. The monoisotopic (exact) mass is 335 g/mol. The Bertz CT molecular complexity index is 997. The number of carboxylic acids is 1. The summed E-state index contributed by atoms with van der Waals surface area (Å²) in [6.07, 6.45) is 1.08. The predicted molar refractivity (Wildman–Crippen MR) is 81.4 cm³/mol. The fourth-order valence-electron chi connectivity index (χ4n) is 2.29. The van der Waals surface area contributed by atoms with Crippen LogP contribution < -0.4 is 5.43 Å². The van der Waals surface area contributed by atoms with Crippen molar-refractivity contribution in [3.05, 3.63) is 75.0 Å². The number of aromatic nitrogens is 1. The van der Waals surface area contributed by atoms with Crippen molar-refractivity contribution < 1.29 is 18.7 Å². The van der Waals surface area contributed by atoms with Crippen molar-refractivity contribution in [3.63, 3.8) is 0 Å². The zero-order chi connectivity index (χ0) is 16.7. The van der Waals surface area contributed by atoms with Crippen LogP contribution >= 0.6 is 11.6 Å². The number of aromatic carboxylic acids is 1. The number of rotatable bonds is 2. The Kier molecular flexibility index (Phi) is 3.61. The maximum Gasteiger partial charge on any atom is 0.341 e. The second-order valence-corrected chi connectivity index (χ2v) is 5.21. The zero-order valence-corrected chi connectivity index (χ0v) is 12.1. The smallest absolute Gasteiger partial charge is 0.341 e. The van der Waals surface area contributed by atoms with Crippen LogP contribution in [0.15, 0.2) is 47.4 Å². The Hall–Kier alpha value is -2.73. The van der Waals surface area contributed by atoms with Crippen molar-refractivity contribution >= 4 is 28.5 Å². The van der Waals surface area contributed by atoms with Gasteiger partial charge >= 0.3 is 5.97 Å². The van der Waals surface area contributed by atoms with E-state index in [1.54, 1.807) is 0 Å². The van der Waals surface area contributed by atoms with Crippen LogP contribution in [0.1, 0.15) is 10.4 Å². The number of carboxylic acid groups (broad SMARTS) is 1. The molecule has 2 aromatic carbocycles. The van der Waals surface area contributed by atoms with Gasteiger partial charge in [0.2, 0.25) is 5.43 Å². The number of hydrogen-bond acceptors (Lipinski definition) is 2. The van der Waals surface area contributed by atoms with E-state index in [-0.39, 0.29) is 15.9 Å². The molecule has 116 valence electrons. The Morgan fingerprint density at radius 3 is 2.39 bits per heavy atom. The summed E-state index contributed by atoms with van der Waals surface area (Å²) in [6.45, 7) is 0. The van der Waals surface area contributed by atoms with Gasteiger partial charge in [0.25, 0.3) is 0 Å². The first kappa shape index (κ1) is 15.2. The van der Waals surface area contributed by atoms with E-state index >= 15 is 0 Å². The molecule has 0 aliphatic heterocycles. The average Bonchev–Trinajstić information content (AvgIpc) is 2.50. The molecule has 1 aromatic heterocycles. The van der Waals surface area contributed by atoms with Crippen molar-refractivity contribution in [3.8, 4) is 5.69 Å². The van der Waals surface area contributed by atoms with Gasteiger partial charge < -0.3 is 9.67 Å². The molecule has 1 N–H and O–H groups in total. The molecule has 7 heteroatoms. The lowest BCUT2D eigenvalue weighted by molar-refractivity contribution is 0.0695. The second-order valence-electron chi connectivity index (χ2n) is 4.81. The lowest BCUT2D eigenvalue weighted by Gasteiger charge is -2.13. The van der Waals surface area contributed by atoms with Crippen molar-refractivity contribution in [2.45, 2.75) is 0 Å². The van der Waals surface area contributed by atoms with E-state index in [0.717, 1.165) is 18.3 Å². The summed E-state index contributed by atoms with van der Waals surface area (Å²) >= 11 is 5.69. The number of benzene rings is 2. The lowest BCUT2D eigenvalue weighted by atomic mass is 10.1. The third-order valence-electron chi connectivity index (χ3n) is 3.38. The minimum absolute atomic E-state index is 0.0411. The number of pyridine rings is 1. The van der Waals surface area contributed by atoms with Gasteiger partial charge in [0.05, 0.1) is 10.5 Å². The molecule has 0 radical (unpaired) electrons. The Balaban J connectivity index is 2.46. The first-order valence-corrected chi connectivity index (χ1v) is 6.80. The Morgan fingerprint density at radius 2 is 1.78 bits per heavy atom. The standard InChI is InChI=1S/C16H8ClF2NO3/c17-12-5-10-14(6-13(12)19)20(7-11(15(10)21)16(22)23)9-3-1-8(18)2-4-9/h1-7H,(H,22,23). The maximum absolute atomic E-state index is 13.8. The minimum atomic E-state index is -1.42. The molecule has 0 aliphatic carbocycles. The van der Waals surface area contributed by atoms with Crippen LogP contribution in [0.5, 0.6) is 0 Å². The highest BCUT2D eigenvalue weighted by atomic mass is 35.5. The summed E-state index contributed by atoms with van der Waals surface area (Å²) in [6, 6.07) is 7.24. The first-order chi connectivity index (χ1) is 10.9. The fourth-order valence-corrected chi connectivity index (χ4v) is 2.45. The third kappa shape index (κ3) is 2.57. The number of carbonyl (C=O) groups is 1. The zero-order valence-electron chi connectivity index (χ0n) is 11.4. The average molecular weight is 336 g/mol. The molecule has 0 saturated carbocycles. The van der Waals surface area contributed by atoms with Gasteiger partial charge in [-0.2, -0.15) is 0 Å². The largest absolute Gasteiger partial charge is 0.477 e. The van der Waals surface area contributed by atoms with E-state index in [1.807, 2.05) is 0 Å². The van der Waals surface area contributed by atoms with Crippen LogP contribution in [0.25, 0.3) is 16.6 Å². The highest BCUT2D eigenvalue weighted by molar-refractivity contribution is 6.31.